The van der Waals surface area contributed by atoms with Crippen molar-refractivity contribution in [3.05, 3.63) is 29.8 Å². The summed E-state index contributed by atoms with van der Waals surface area (Å²) in [4.78, 5) is 5.94. The summed E-state index contributed by atoms with van der Waals surface area (Å²) in [6, 6.07) is 1.50. The molecule has 0 fully saturated rings. The number of hydrogen-bond acceptors (Lipinski definition) is 2. The minimum atomic E-state index is -0.288. The van der Waals surface area contributed by atoms with Crippen molar-refractivity contribution in [2.75, 3.05) is 19.0 Å². The van der Waals surface area contributed by atoms with Crippen LogP contribution >= 0.6 is 11.6 Å². The first-order chi connectivity index (χ1) is 6.76. The van der Waals surface area contributed by atoms with E-state index in [-0.39, 0.29) is 5.82 Å². The third kappa shape index (κ3) is 3.60. The lowest BCUT2D eigenvalue weighted by molar-refractivity contribution is 0.297. The summed E-state index contributed by atoms with van der Waals surface area (Å²) in [5, 5.41) is 0. The summed E-state index contributed by atoms with van der Waals surface area (Å²) >= 11 is 5.64. The molecule has 1 aromatic rings. The van der Waals surface area contributed by atoms with Gasteiger partial charge in [-0.2, -0.15) is 0 Å². The van der Waals surface area contributed by atoms with Crippen molar-refractivity contribution in [3.63, 3.8) is 0 Å². The summed E-state index contributed by atoms with van der Waals surface area (Å²) in [5.41, 5.74) is 0.886. The van der Waals surface area contributed by atoms with Crippen LogP contribution in [0.15, 0.2) is 18.5 Å². The van der Waals surface area contributed by atoms with Crippen molar-refractivity contribution in [1.82, 2.24) is 9.88 Å². The maximum atomic E-state index is 12.8. The lowest BCUT2D eigenvalue weighted by atomic mass is 10.2. The minimum absolute atomic E-state index is 0.288. The molecule has 0 radical (unpaired) electrons. The van der Waals surface area contributed by atoms with Crippen LogP contribution in [-0.2, 0) is 6.54 Å². The average Bonchev–Trinajstić information content (AvgIpc) is 2.17. The van der Waals surface area contributed by atoms with Crippen molar-refractivity contribution in [2.24, 2.45) is 0 Å². The molecule has 0 spiro atoms. The second-order valence-electron chi connectivity index (χ2n) is 3.07. The predicted molar refractivity (Wildman–Crippen MR) is 55.9 cm³/mol. The Balaban J connectivity index is 2.57. The zero-order valence-electron chi connectivity index (χ0n) is 8.21. The van der Waals surface area contributed by atoms with E-state index < -0.39 is 0 Å². The van der Waals surface area contributed by atoms with Crippen LogP contribution in [0, 0.1) is 5.82 Å². The maximum Gasteiger partial charge on any atom is 0.141 e. The zero-order valence-corrected chi connectivity index (χ0v) is 8.97. The van der Waals surface area contributed by atoms with Gasteiger partial charge in [0.2, 0.25) is 0 Å². The first kappa shape index (κ1) is 11.4. The Morgan fingerprint density at radius 1 is 1.50 bits per heavy atom. The van der Waals surface area contributed by atoms with Crippen molar-refractivity contribution >= 4 is 11.6 Å². The predicted octanol–water partition coefficient (Wildman–Crippen LogP) is 2.28. The van der Waals surface area contributed by atoms with E-state index in [0.29, 0.717) is 12.4 Å². The second kappa shape index (κ2) is 5.94. The molecule has 1 heterocycles. The van der Waals surface area contributed by atoms with Gasteiger partial charge in [-0.05, 0) is 18.2 Å². The van der Waals surface area contributed by atoms with E-state index in [1.54, 1.807) is 6.20 Å². The van der Waals surface area contributed by atoms with E-state index in [2.05, 4.69) is 16.8 Å². The molecule has 0 aliphatic rings. The topological polar surface area (TPSA) is 16.1 Å². The van der Waals surface area contributed by atoms with E-state index in [9.17, 15) is 4.39 Å². The van der Waals surface area contributed by atoms with Crippen molar-refractivity contribution in [3.8, 4) is 0 Å². The molecule has 1 aromatic heterocycles. The van der Waals surface area contributed by atoms with Crippen LogP contribution in [0.4, 0.5) is 4.39 Å². The highest BCUT2D eigenvalue weighted by Crippen LogP contribution is 2.05. The molecular weight excluding hydrogens is 203 g/mol. The third-order valence-corrected chi connectivity index (χ3v) is 2.18. The highest BCUT2D eigenvalue weighted by Gasteiger charge is 2.03. The molecule has 0 aromatic carbocycles. The molecule has 14 heavy (non-hydrogen) atoms. The summed E-state index contributed by atoms with van der Waals surface area (Å²) in [6.07, 6.45) is 2.89. The van der Waals surface area contributed by atoms with Gasteiger partial charge >= 0.3 is 0 Å². The lowest BCUT2D eigenvalue weighted by Gasteiger charge is -2.18. The number of hydrogen-bond donors (Lipinski definition) is 0. The first-order valence-electron chi connectivity index (χ1n) is 4.64. The minimum Gasteiger partial charge on any atom is -0.298 e. The van der Waals surface area contributed by atoms with E-state index >= 15 is 0 Å². The van der Waals surface area contributed by atoms with Crippen LogP contribution in [-0.4, -0.2) is 28.9 Å². The molecule has 0 saturated carbocycles. The van der Waals surface area contributed by atoms with Crippen molar-refractivity contribution < 1.29 is 4.39 Å². The largest absolute Gasteiger partial charge is 0.298 e. The molecular formula is C10H14ClFN2. The van der Waals surface area contributed by atoms with Gasteiger partial charge in [-0.25, -0.2) is 4.39 Å². The standard InChI is InChI=1S/C10H14ClFN2/c1-2-14(4-3-11)8-9-5-10(12)7-13-6-9/h5-7H,2-4,8H2,1H3. The van der Waals surface area contributed by atoms with Crippen LogP contribution in [0.1, 0.15) is 12.5 Å². The van der Waals surface area contributed by atoms with Gasteiger partial charge < -0.3 is 0 Å². The molecule has 0 aliphatic heterocycles. The number of halogens is 2. The van der Waals surface area contributed by atoms with Crippen molar-refractivity contribution in [2.45, 2.75) is 13.5 Å². The normalized spacial score (nSPS) is 10.9. The quantitative estimate of drug-likeness (QED) is 0.703. The molecule has 0 amide bonds. The number of nitrogens with zero attached hydrogens (tertiary/aromatic N) is 2. The van der Waals surface area contributed by atoms with Crippen LogP contribution in [0.2, 0.25) is 0 Å². The summed E-state index contributed by atoms with van der Waals surface area (Å²) in [7, 11) is 0. The molecule has 1 rings (SSSR count). The zero-order chi connectivity index (χ0) is 10.4. The number of pyridine rings is 1. The Bertz CT molecular complexity index is 281. The van der Waals surface area contributed by atoms with Gasteiger partial charge in [0.05, 0.1) is 6.20 Å². The fourth-order valence-corrected chi connectivity index (χ4v) is 1.51. The number of rotatable bonds is 5. The number of aromatic nitrogens is 1. The molecule has 0 atom stereocenters. The Kier molecular flexibility index (Phi) is 4.84. The van der Waals surface area contributed by atoms with Crippen LogP contribution in [0.3, 0.4) is 0 Å². The fraction of sp³-hybridized carbons (Fsp3) is 0.500. The Morgan fingerprint density at radius 2 is 2.29 bits per heavy atom. The van der Waals surface area contributed by atoms with Crippen LogP contribution in [0.25, 0.3) is 0 Å². The first-order valence-corrected chi connectivity index (χ1v) is 5.17. The smallest absolute Gasteiger partial charge is 0.141 e. The van der Waals surface area contributed by atoms with Crippen LogP contribution < -0.4 is 0 Å². The molecule has 0 unspecified atom stereocenters. The Morgan fingerprint density at radius 3 is 2.86 bits per heavy atom. The van der Waals surface area contributed by atoms with E-state index in [1.807, 2.05) is 0 Å². The molecule has 0 bridgehead atoms. The molecule has 0 saturated heterocycles. The molecule has 0 aliphatic carbocycles. The Labute approximate surface area is 88.7 Å². The van der Waals surface area contributed by atoms with E-state index in [4.69, 9.17) is 11.6 Å². The van der Waals surface area contributed by atoms with Gasteiger partial charge in [0, 0.05) is 25.2 Å². The highest BCUT2D eigenvalue weighted by molar-refractivity contribution is 6.18. The lowest BCUT2D eigenvalue weighted by Crippen LogP contribution is -2.25. The summed E-state index contributed by atoms with van der Waals surface area (Å²) in [5.74, 6) is 0.306. The monoisotopic (exact) mass is 216 g/mol. The Hall–Kier alpha value is -0.670. The van der Waals surface area contributed by atoms with Gasteiger partial charge in [-0.1, -0.05) is 6.92 Å². The van der Waals surface area contributed by atoms with E-state index in [1.165, 1.54) is 12.3 Å². The molecule has 0 N–H and O–H groups in total. The maximum absolute atomic E-state index is 12.8. The average molecular weight is 217 g/mol. The fourth-order valence-electron chi connectivity index (χ4n) is 1.27. The second-order valence-corrected chi connectivity index (χ2v) is 3.45. The molecule has 78 valence electrons. The summed E-state index contributed by atoms with van der Waals surface area (Å²) < 4.78 is 12.8. The SMILES string of the molecule is CCN(CCCl)Cc1cncc(F)c1. The summed E-state index contributed by atoms with van der Waals surface area (Å²) in [6.45, 7) is 4.48. The highest BCUT2D eigenvalue weighted by atomic mass is 35.5. The van der Waals surface area contributed by atoms with Gasteiger partial charge in [0.1, 0.15) is 5.82 Å². The van der Waals surface area contributed by atoms with E-state index in [0.717, 1.165) is 18.7 Å². The third-order valence-electron chi connectivity index (χ3n) is 2.02. The molecule has 2 nitrogen and oxygen atoms in total. The van der Waals surface area contributed by atoms with Crippen molar-refractivity contribution in [1.29, 1.82) is 0 Å². The number of alkyl halides is 1. The van der Waals surface area contributed by atoms with Gasteiger partial charge in [0.25, 0.3) is 0 Å². The van der Waals surface area contributed by atoms with Gasteiger partial charge in [-0.15, -0.1) is 11.6 Å². The van der Waals surface area contributed by atoms with Crippen LogP contribution in [0.5, 0.6) is 0 Å². The van der Waals surface area contributed by atoms with Gasteiger partial charge in [-0.3, -0.25) is 9.88 Å². The van der Waals surface area contributed by atoms with Gasteiger partial charge in [0.15, 0.2) is 0 Å². The molecule has 4 heteroatoms.